The third-order valence-electron chi connectivity index (χ3n) is 2.85. The number of anilines is 1. The molecule has 21 heavy (non-hydrogen) atoms. The standard InChI is InChI=1S/C13H13Br2NO3S2/c1-7-4-9(14)5-10(19-3)13(7)16-21(17,18)11-6-12(15)20-8(11)2/h4-6,16H,1-3H3. The molecule has 1 aromatic heterocycles. The Labute approximate surface area is 144 Å². The molecule has 0 saturated carbocycles. The van der Waals surface area contributed by atoms with Crippen LogP contribution in [0.15, 0.2) is 31.4 Å². The van der Waals surface area contributed by atoms with Gasteiger partial charge in [-0.25, -0.2) is 8.42 Å². The highest BCUT2D eigenvalue weighted by molar-refractivity contribution is 9.11. The fraction of sp³-hybridized carbons (Fsp3) is 0.231. The Hall–Kier alpha value is -0.570. The minimum atomic E-state index is -3.66. The van der Waals surface area contributed by atoms with Gasteiger partial charge in [-0.1, -0.05) is 15.9 Å². The van der Waals surface area contributed by atoms with E-state index in [0.29, 0.717) is 11.4 Å². The Bertz CT molecular complexity index is 785. The Kier molecular flexibility index (Phi) is 5.02. The Balaban J connectivity index is 2.49. The van der Waals surface area contributed by atoms with Gasteiger partial charge in [-0.2, -0.15) is 0 Å². The average molecular weight is 455 g/mol. The lowest BCUT2D eigenvalue weighted by Crippen LogP contribution is -2.14. The van der Waals surface area contributed by atoms with Gasteiger partial charge in [-0.15, -0.1) is 11.3 Å². The smallest absolute Gasteiger partial charge is 0.263 e. The topological polar surface area (TPSA) is 55.4 Å². The highest BCUT2D eigenvalue weighted by Crippen LogP contribution is 2.36. The van der Waals surface area contributed by atoms with E-state index >= 15 is 0 Å². The summed E-state index contributed by atoms with van der Waals surface area (Å²) in [4.78, 5) is 0.992. The van der Waals surface area contributed by atoms with E-state index in [4.69, 9.17) is 4.74 Å². The van der Waals surface area contributed by atoms with E-state index in [1.807, 2.05) is 13.0 Å². The second-order valence-corrected chi connectivity index (χ2v) is 9.58. The van der Waals surface area contributed by atoms with E-state index in [9.17, 15) is 8.42 Å². The van der Waals surface area contributed by atoms with Crippen molar-refractivity contribution in [3.8, 4) is 5.75 Å². The summed E-state index contributed by atoms with van der Waals surface area (Å²) in [6.45, 7) is 3.59. The minimum absolute atomic E-state index is 0.267. The van der Waals surface area contributed by atoms with Crippen LogP contribution in [0.3, 0.4) is 0 Å². The fourth-order valence-electron chi connectivity index (χ4n) is 1.89. The fourth-order valence-corrected chi connectivity index (χ4v) is 6.00. The molecule has 0 unspecified atom stereocenters. The van der Waals surface area contributed by atoms with Gasteiger partial charge in [0.05, 0.1) is 16.6 Å². The van der Waals surface area contributed by atoms with Crippen molar-refractivity contribution in [2.24, 2.45) is 0 Å². The number of halogens is 2. The van der Waals surface area contributed by atoms with Crippen LogP contribution in [0, 0.1) is 13.8 Å². The molecule has 0 aliphatic rings. The highest BCUT2D eigenvalue weighted by Gasteiger charge is 2.22. The minimum Gasteiger partial charge on any atom is -0.495 e. The molecule has 8 heteroatoms. The molecule has 0 fully saturated rings. The SMILES string of the molecule is COc1cc(Br)cc(C)c1NS(=O)(=O)c1cc(Br)sc1C. The molecule has 0 saturated heterocycles. The Morgan fingerprint density at radius 3 is 2.38 bits per heavy atom. The molecule has 0 atom stereocenters. The van der Waals surface area contributed by atoms with Crippen molar-refractivity contribution in [2.75, 3.05) is 11.8 Å². The molecule has 0 bridgehead atoms. The molecule has 0 aliphatic heterocycles. The van der Waals surface area contributed by atoms with Crippen LogP contribution in [0.5, 0.6) is 5.75 Å². The molecule has 114 valence electrons. The number of rotatable bonds is 4. The van der Waals surface area contributed by atoms with E-state index in [1.165, 1.54) is 18.4 Å². The number of aryl methyl sites for hydroxylation is 2. The molecular weight excluding hydrogens is 442 g/mol. The van der Waals surface area contributed by atoms with Gasteiger partial charge in [0.15, 0.2) is 0 Å². The van der Waals surface area contributed by atoms with Crippen molar-refractivity contribution in [3.05, 3.63) is 36.9 Å². The van der Waals surface area contributed by atoms with Gasteiger partial charge in [-0.3, -0.25) is 4.72 Å². The lowest BCUT2D eigenvalue weighted by atomic mass is 10.2. The van der Waals surface area contributed by atoms with Gasteiger partial charge in [-0.05, 0) is 53.5 Å². The summed E-state index contributed by atoms with van der Waals surface area (Å²) in [6, 6.07) is 5.15. The van der Waals surface area contributed by atoms with E-state index < -0.39 is 10.0 Å². The van der Waals surface area contributed by atoms with Crippen molar-refractivity contribution in [1.29, 1.82) is 0 Å². The van der Waals surface area contributed by atoms with Crippen LogP contribution in [-0.4, -0.2) is 15.5 Å². The predicted molar refractivity (Wildman–Crippen MR) is 93.0 cm³/mol. The zero-order valence-electron chi connectivity index (χ0n) is 11.5. The molecule has 0 amide bonds. The van der Waals surface area contributed by atoms with Gasteiger partial charge in [0.25, 0.3) is 10.0 Å². The van der Waals surface area contributed by atoms with E-state index in [2.05, 4.69) is 36.6 Å². The summed E-state index contributed by atoms with van der Waals surface area (Å²) in [5.41, 5.74) is 1.22. The second kappa shape index (κ2) is 6.28. The largest absolute Gasteiger partial charge is 0.495 e. The molecular formula is C13H13Br2NO3S2. The van der Waals surface area contributed by atoms with Gasteiger partial charge < -0.3 is 4.74 Å². The molecule has 1 heterocycles. The van der Waals surface area contributed by atoms with Crippen molar-refractivity contribution in [3.63, 3.8) is 0 Å². The van der Waals surface area contributed by atoms with Crippen LogP contribution >= 0.6 is 43.2 Å². The van der Waals surface area contributed by atoms with Crippen molar-refractivity contribution >= 4 is 58.9 Å². The molecule has 1 aromatic carbocycles. The summed E-state index contributed by atoms with van der Waals surface area (Å²) in [5, 5.41) is 0. The van der Waals surface area contributed by atoms with Gasteiger partial charge in [0.2, 0.25) is 0 Å². The number of methoxy groups -OCH3 is 1. The summed E-state index contributed by atoms with van der Waals surface area (Å²) >= 11 is 8.06. The molecule has 0 aliphatic carbocycles. The Morgan fingerprint density at radius 1 is 1.19 bits per heavy atom. The first kappa shape index (κ1) is 16.8. The number of thiophene rings is 1. The zero-order chi connectivity index (χ0) is 15.8. The molecule has 0 radical (unpaired) electrons. The first-order valence-corrected chi connectivity index (χ1v) is 9.76. The number of hydrogen-bond acceptors (Lipinski definition) is 4. The van der Waals surface area contributed by atoms with Crippen LogP contribution < -0.4 is 9.46 Å². The molecule has 2 rings (SSSR count). The van der Waals surface area contributed by atoms with Gasteiger partial charge in [0, 0.05) is 9.35 Å². The summed E-state index contributed by atoms with van der Waals surface area (Å²) in [7, 11) is -2.15. The van der Waals surface area contributed by atoms with Crippen LogP contribution in [0.1, 0.15) is 10.4 Å². The normalized spacial score (nSPS) is 11.5. The van der Waals surface area contributed by atoms with Crippen LogP contribution in [-0.2, 0) is 10.0 Å². The van der Waals surface area contributed by atoms with Crippen LogP contribution in [0.25, 0.3) is 0 Å². The summed E-state index contributed by atoms with van der Waals surface area (Å²) in [6.07, 6.45) is 0. The highest BCUT2D eigenvalue weighted by atomic mass is 79.9. The van der Waals surface area contributed by atoms with Crippen LogP contribution in [0.4, 0.5) is 5.69 Å². The van der Waals surface area contributed by atoms with Crippen LogP contribution in [0.2, 0.25) is 0 Å². The summed E-state index contributed by atoms with van der Waals surface area (Å²) < 4.78 is 34.6. The average Bonchev–Trinajstić information content (AvgIpc) is 2.72. The van der Waals surface area contributed by atoms with Crippen molar-refractivity contribution < 1.29 is 13.2 Å². The Morgan fingerprint density at radius 2 is 1.86 bits per heavy atom. The van der Waals surface area contributed by atoms with Crippen molar-refractivity contribution in [2.45, 2.75) is 18.7 Å². The number of nitrogens with one attached hydrogen (secondary N) is 1. The zero-order valence-corrected chi connectivity index (χ0v) is 16.3. The lowest BCUT2D eigenvalue weighted by molar-refractivity contribution is 0.416. The molecule has 1 N–H and O–H groups in total. The predicted octanol–water partition coefficient (Wildman–Crippen LogP) is 4.70. The number of ether oxygens (including phenoxy) is 1. The number of hydrogen-bond donors (Lipinski definition) is 1. The van der Waals surface area contributed by atoms with E-state index in [1.54, 1.807) is 19.1 Å². The number of benzene rings is 1. The van der Waals surface area contributed by atoms with E-state index in [-0.39, 0.29) is 4.90 Å². The first-order valence-electron chi connectivity index (χ1n) is 5.87. The molecule has 2 aromatic rings. The third-order valence-corrected chi connectivity index (χ3v) is 6.47. The second-order valence-electron chi connectivity index (χ2n) is 4.38. The van der Waals surface area contributed by atoms with Crippen molar-refractivity contribution in [1.82, 2.24) is 0 Å². The maximum absolute atomic E-state index is 12.5. The monoisotopic (exact) mass is 453 g/mol. The maximum atomic E-state index is 12.5. The summed E-state index contributed by atoms with van der Waals surface area (Å²) in [5.74, 6) is 0.470. The molecule has 4 nitrogen and oxygen atoms in total. The molecule has 0 spiro atoms. The lowest BCUT2D eigenvalue weighted by Gasteiger charge is -2.14. The third kappa shape index (κ3) is 3.61. The van der Waals surface area contributed by atoms with Gasteiger partial charge >= 0.3 is 0 Å². The van der Waals surface area contributed by atoms with Gasteiger partial charge in [0.1, 0.15) is 10.6 Å². The number of sulfonamides is 1. The maximum Gasteiger partial charge on any atom is 0.263 e. The first-order chi connectivity index (χ1) is 9.74. The van der Waals surface area contributed by atoms with E-state index in [0.717, 1.165) is 18.7 Å². The quantitative estimate of drug-likeness (QED) is 0.728.